The molecule has 0 aliphatic carbocycles. The number of methoxy groups -OCH3 is 1. The average Bonchev–Trinajstić information content (AvgIpc) is 2.88. The van der Waals surface area contributed by atoms with Gasteiger partial charge in [-0.15, -0.1) is 0 Å². The van der Waals surface area contributed by atoms with Gasteiger partial charge in [0.15, 0.2) is 0 Å². The minimum Gasteiger partial charge on any atom is -0.496 e. The van der Waals surface area contributed by atoms with Gasteiger partial charge < -0.3 is 9.47 Å². The number of aromatic nitrogens is 1. The monoisotopic (exact) mass is 334 g/mol. The van der Waals surface area contributed by atoms with Crippen molar-refractivity contribution in [3.63, 3.8) is 0 Å². The van der Waals surface area contributed by atoms with Crippen molar-refractivity contribution < 1.29 is 18.3 Å². The van der Waals surface area contributed by atoms with Gasteiger partial charge in [-0.05, 0) is 18.2 Å². The fourth-order valence-electron chi connectivity index (χ4n) is 2.99. The maximum atomic E-state index is 13.9. The van der Waals surface area contributed by atoms with Crippen LogP contribution in [0.5, 0.6) is 11.5 Å². The number of hydrogen-bond donors (Lipinski definition) is 0. The van der Waals surface area contributed by atoms with Crippen LogP contribution in [0.3, 0.4) is 0 Å². The number of benzene rings is 1. The summed E-state index contributed by atoms with van der Waals surface area (Å²) < 4.78 is 38.8. The lowest BCUT2D eigenvalue weighted by atomic mass is 10.1. The molecule has 0 amide bonds. The third-order valence-corrected chi connectivity index (χ3v) is 4.14. The van der Waals surface area contributed by atoms with E-state index in [1.54, 1.807) is 36.5 Å². The van der Waals surface area contributed by atoms with Gasteiger partial charge in [-0.2, -0.15) is 0 Å². The zero-order chi connectivity index (χ0) is 17.0. The Hall–Kier alpha value is -2.21. The highest BCUT2D eigenvalue weighted by Gasteiger charge is 2.45. The van der Waals surface area contributed by atoms with Gasteiger partial charge in [0.25, 0.3) is 5.92 Å². The molecular weight excluding hydrogens is 314 g/mol. The Bertz CT molecular complexity index is 667. The number of para-hydroxylation sites is 1. The Morgan fingerprint density at radius 1 is 1.21 bits per heavy atom. The molecule has 1 aromatic heterocycles. The fraction of sp³-hybridized carbons (Fsp3) is 0.389. The molecule has 2 heterocycles. The van der Waals surface area contributed by atoms with Gasteiger partial charge in [-0.1, -0.05) is 18.2 Å². The molecule has 3 rings (SSSR count). The summed E-state index contributed by atoms with van der Waals surface area (Å²) in [5, 5.41) is 0. The molecule has 1 aliphatic heterocycles. The molecule has 0 spiro atoms. The Morgan fingerprint density at radius 3 is 2.71 bits per heavy atom. The lowest BCUT2D eigenvalue weighted by Crippen LogP contribution is -2.34. The average molecular weight is 334 g/mol. The summed E-state index contributed by atoms with van der Waals surface area (Å²) in [4.78, 5) is 5.68. The molecule has 0 radical (unpaired) electrons. The molecule has 0 N–H and O–H groups in total. The standard InChI is InChI=1S/C18H20F2N2O2/c1-23-17-5-3-2-4-14(17)11-22-13-18(19,20)10-15(22)12-24-16-6-8-21-9-7-16/h2-9,15H,10-13H2,1H3/t15-/m0/s1. The van der Waals surface area contributed by atoms with E-state index in [1.165, 1.54) is 0 Å². The number of likely N-dealkylation sites (tertiary alicyclic amines) is 1. The molecule has 0 bridgehead atoms. The molecule has 2 aromatic rings. The van der Waals surface area contributed by atoms with Crippen LogP contribution in [-0.2, 0) is 6.54 Å². The van der Waals surface area contributed by atoms with Crippen molar-refractivity contribution in [3.8, 4) is 11.5 Å². The molecule has 128 valence electrons. The highest BCUT2D eigenvalue weighted by molar-refractivity contribution is 5.33. The van der Waals surface area contributed by atoms with Gasteiger partial charge in [-0.3, -0.25) is 9.88 Å². The molecule has 4 nitrogen and oxygen atoms in total. The Balaban J connectivity index is 1.69. The maximum Gasteiger partial charge on any atom is 0.262 e. The first kappa shape index (κ1) is 16.6. The van der Waals surface area contributed by atoms with Crippen molar-refractivity contribution >= 4 is 0 Å². The van der Waals surface area contributed by atoms with E-state index in [4.69, 9.17) is 9.47 Å². The van der Waals surface area contributed by atoms with Crippen molar-refractivity contribution in [2.45, 2.75) is 24.9 Å². The SMILES string of the molecule is COc1ccccc1CN1CC(F)(F)C[C@H]1COc1ccncc1. The first-order valence-electron chi connectivity index (χ1n) is 7.84. The first-order chi connectivity index (χ1) is 11.6. The summed E-state index contributed by atoms with van der Waals surface area (Å²) in [5.74, 6) is -1.35. The van der Waals surface area contributed by atoms with E-state index < -0.39 is 5.92 Å². The van der Waals surface area contributed by atoms with E-state index in [1.807, 2.05) is 24.3 Å². The van der Waals surface area contributed by atoms with Gasteiger partial charge >= 0.3 is 0 Å². The molecule has 1 aliphatic rings. The lowest BCUT2D eigenvalue weighted by molar-refractivity contribution is 0.0111. The molecular formula is C18H20F2N2O2. The zero-order valence-electron chi connectivity index (χ0n) is 13.5. The molecule has 6 heteroatoms. The Kier molecular flexibility index (Phi) is 4.94. The molecule has 1 fully saturated rings. The largest absolute Gasteiger partial charge is 0.496 e. The number of alkyl halides is 2. The Morgan fingerprint density at radius 2 is 1.96 bits per heavy atom. The van der Waals surface area contributed by atoms with E-state index in [-0.39, 0.29) is 25.6 Å². The van der Waals surface area contributed by atoms with Gasteiger partial charge in [0.1, 0.15) is 18.1 Å². The summed E-state index contributed by atoms with van der Waals surface area (Å²) >= 11 is 0. The fourth-order valence-corrected chi connectivity index (χ4v) is 2.99. The van der Waals surface area contributed by atoms with Crippen LogP contribution in [0.1, 0.15) is 12.0 Å². The summed E-state index contributed by atoms with van der Waals surface area (Å²) in [7, 11) is 1.58. The van der Waals surface area contributed by atoms with Crippen LogP contribution in [0, 0.1) is 0 Å². The third-order valence-electron chi connectivity index (χ3n) is 4.14. The van der Waals surface area contributed by atoms with E-state index in [2.05, 4.69) is 4.98 Å². The van der Waals surface area contributed by atoms with Crippen molar-refractivity contribution in [3.05, 3.63) is 54.4 Å². The van der Waals surface area contributed by atoms with E-state index in [0.29, 0.717) is 18.0 Å². The van der Waals surface area contributed by atoms with Gasteiger partial charge in [0.2, 0.25) is 0 Å². The molecule has 0 unspecified atom stereocenters. The van der Waals surface area contributed by atoms with Gasteiger partial charge in [0, 0.05) is 30.9 Å². The number of hydrogen-bond acceptors (Lipinski definition) is 4. The summed E-state index contributed by atoms with van der Waals surface area (Å²) in [6.45, 7) is 0.355. The summed E-state index contributed by atoms with van der Waals surface area (Å²) in [6.07, 6.45) is 3.03. The molecule has 24 heavy (non-hydrogen) atoms. The second kappa shape index (κ2) is 7.13. The van der Waals surface area contributed by atoms with Crippen LogP contribution in [0.25, 0.3) is 0 Å². The number of rotatable bonds is 6. The number of ether oxygens (including phenoxy) is 2. The smallest absolute Gasteiger partial charge is 0.262 e. The van der Waals surface area contributed by atoms with Crippen molar-refractivity contribution in [1.82, 2.24) is 9.88 Å². The van der Waals surface area contributed by atoms with Crippen LogP contribution in [-0.4, -0.2) is 42.1 Å². The highest BCUT2D eigenvalue weighted by Crippen LogP contribution is 2.34. The summed E-state index contributed by atoms with van der Waals surface area (Å²) in [6, 6.07) is 10.6. The number of nitrogens with zero attached hydrogens (tertiary/aromatic N) is 2. The minimum atomic E-state index is -2.70. The van der Waals surface area contributed by atoms with Crippen molar-refractivity contribution in [2.75, 3.05) is 20.3 Å². The predicted octanol–water partition coefficient (Wildman–Crippen LogP) is 3.38. The third kappa shape index (κ3) is 4.00. The van der Waals surface area contributed by atoms with Crippen LogP contribution in [0.15, 0.2) is 48.8 Å². The second-order valence-electron chi connectivity index (χ2n) is 5.92. The van der Waals surface area contributed by atoms with Crippen LogP contribution in [0.4, 0.5) is 8.78 Å². The van der Waals surface area contributed by atoms with E-state index >= 15 is 0 Å². The van der Waals surface area contributed by atoms with Crippen LogP contribution >= 0.6 is 0 Å². The predicted molar refractivity (Wildman–Crippen MR) is 86.5 cm³/mol. The van der Waals surface area contributed by atoms with Crippen LogP contribution < -0.4 is 9.47 Å². The molecule has 0 saturated carbocycles. The first-order valence-corrected chi connectivity index (χ1v) is 7.84. The summed E-state index contributed by atoms with van der Waals surface area (Å²) in [5.41, 5.74) is 0.895. The van der Waals surface area contributed by atoms with Crippen LogP contribution in [0.2, 0.25) is 0 Å². The van der Waals surface area contributed by atoms with Gasteiger partial charge in [-0.25, -0.2) is 8.78 Å². The van der Waals surface area contributed by atoms with E-state index in [0.717, 1.165) is 5.56 Å². The number of halogens is 2. The zero-order valence-corrected chi connectivity index (χ0v) is 13.5. The van der Waals surface area contributed by atoms with Gasteiger partial charge in [0.05, 0.1) is 19.7 Å². The second-order valence-corrected chi connectivity index (χ2v) is 5.92. The van der Waals surface area contributed by atoms with Crippen molar-refractivity contribution in [2.24, 2.45) is 0 Å². The molecule has 1 aromatic carbocycles. The topological polar surface area (TPSA) is 34.6 Å². The van der Waals surface area contributed by atoms with Crippen molar-refractivity contribution in [1.29, 1.82) is 0 Å². The normalized spacial score (nSPS) is 20.0. The lowest BCUT2D eigenvalue weighted by Gasteiger charge is -2.24. The minimum absolute atomic E-state index is 0.201. The molecule has 1 atom stereocenters. The quantitative estimate of drug-likeness (QED) is 0.811. The van der Waals surface area contributed by atoms with E-state index in [9.17, 15) is 8.78 Å². The molecule has 1 saturated heterocycles. The Labute approximate surface area is 140 Å². The maximum absolute atomic E-state index is 13.9. The highest BCUT2D eigenvalue weighted by atomic mass is 19.3. The number of pyridine rings is 1.